The molecule has 0 fully saturated rings. The van der Waals surface area contributed by atoms with Crippen molar-refractivity contribution in [1.82, 2.24) is 10.6 Å². The topological polar surface area (TPSA) is 92.3 Å². The highest BCUT2D eigenvalue weighted by Crippen LogP contribution is 2.31. The number of carbonyl (C=O) groups is 2. The average Bonchev–Trinajstić information content (AvgIpc) is 3.27. The predicted octanol–water partition coefficient (Wildman–Crippen LogP) is 2.97. The van der Waals surface area contributed by atoms with Crippen molar-refractivity contribution in [2.24, 2.45) is 0 Å². The third-order valence-corrected chi connectivity index (χ3v) is 7.63. The Balaban J connectivity index is 1.68. The zero-order valence-corrected chi connectivity index (χ0v) is 17.7. The molecule has 10 heteroatoms. The van der Waals surface area contributed by atoms with Gasteiger partial charge in [0.05, 0.1) is 4.90 Å². The second-order valence-electron chi connectivity index (χ2n) is 6.52. The van der Waals surface area contributed by atoms with Gasteiger partial charge in [0.15, 0.2) is 9.84 Å². The van der Waals surface area contributed by atoms with Crippen LogP contribution in [0.15, 0.2) is 70.9 Å². The van der Waals surface area contributed by atoms with Crippen molar-refractivity contribution in [3.8, 4) is 0 Å². The van der Waals surface area contributed by atoms with E-state index in [-0.39, 0.29) is 18.0 Å². The van der Waals surface area contributed by atoms with Crippen molar-refractivity contribution < 1.29 is 26.8 Å². The smallest absolute Gasteiger partial charge is 0.309 e. The maximum atomic E-state index is 13.2. The summed E-state index contributed by atoms with van der Waals surface area (Å²) in [6.45, 7) is -0.336. The molecule has 0 aliphatic carbocycles. The minimum absolute atomic E-state index is 0.00870. The van der Waals surface area contributed by atoms with E-state index in [1.54, 1.807) is 17.5 Å². The third kappa shape index (κ3) is 5.74. The maximum absolute atomic E-state index is 13.2. The Morgan fingerprint density at radius 2 is 1.45 bits per heavy atom. The molecule has 0 aliphatic heterocycles. The fraction of sp³-hybridized carbons (Fsp3) is 0.143. The van der Waals surface area contributed by atoms with Crippen LogP contribution in [0.4, 0.5) is 8.78 Å². The van der Waals surface area contributed by atoms with Gasteiger partial charge in [-0.2, -0.15) is 0 Å². The Morgan fingerprint density at radius 3 is 2.03 bits per heavy atom. The molecule has 0 aliphatic rings. The summed E-state index contributed by atoms with van der Waals surface area (Å²) in [6, 6.07) is 13.1. The zero-order chi connectivity index (χ0) is 22.4. The van der Waals surface area contributed by atoms with Crippen LogP contribution in [0.5, 0.6) is 0 Å². The number of carbonyl (C=O) groups excluding carboxylic acids is 2. The second kappa shape index (κ2) is 9.80. The summed E-state index contributed by atoms with van der Waals surface area (Å²) in [5.74, 6) is -2.95. The first-order valence-corrected chi connectivity index (χ1v) is 11.5. The molecule has 0 radical (unpaired) electrons. The molecule has 0 bridgehead atoms. The lowest BCUT2D eigenvalue weighted by Crippen LogP contribution is -2.42. The Hall–Kier alpha value is -3.11. The monoisotopic (exact) mass is 464 g/mol. The summed E-state index contributed by atoms with van der Waals surface area (Å²) in [5, 5.41) is 5.29. The molecule has 0 saturated heterocycles. The number of sulfone groups is 1. The van der Waals surface area contributed by atoms with E-state index in [4.69, 9.17) is 0 Å². The molecule has 3 aromatic rings. The Morgan fingerprint density at radius 1 is 0.871 bits per heavy atom. The molecule has 2 aromatic carbocycles. The molecule has 1 heterocycles. The number of nitrogens with one attached hydrogen (secondary N) is 2. The summed E-state index contributed by atoms with van der Waals surface area (Å²) in [7, 11) is -3.96. The molecule has 31 heavy (non-hydrogen) atoms. The van der Waals surface area contributed by atoms with Crippen LogP contribution < -0.4 is 10.6 Å². The Kier molecular flexibility index (Phi) is 7.13. The number of rotatable bonds is 7. The zero-order valence-electron chi connectivity index (χ0n) is 16.0. The van der Waals surface area contributed by atoms with E-state index in [1.807, 2.05) is 0 Å². The van der Waals surface area contributed by atoms with Gasteiger partial charge in [-0.05, 0) is 53.4 Å². The fourth-order valence-electron chi connectivity index (χ4n) is 2.76. The van der Waals surface area contributed by atoms with Gasteiger partial charge in [-0.15, -0.1) is 11.3 Å². The molecular formula is C21H18F2N2O4S2. The van der Waals surface area contributed by atoms with Gasteiger partial charge < -0.3 is 10.6 Å². The highest BCUT2D eigenvalue weighted by molar-refractivity contribution is 7.91. The quantitative estimate of drug-likeness (QED) is 0.415. The van der Waals surface area contributed by atoms with Crippen molar-refractivity contribution in [2.45, 2.75) is 16.7 Å². The lowest BCUT2D eigenvalue weighted by atomic mass is 10.2. The molecule has 2 amide bonds. The summed E-state index contributed by atoms with van der Waals surface area (Å²) in [6.07, 6.45) is 0. The summed E-state index contributed by atoms with van der Waals surface area (Å²) in [5.41, 5.74) is 0.595. The van der Waals surface area contributed by atoms with E-state index in [1.165, 1.54) is 35.6 Å². The highest BCUT2D eigenvalue weighted by atomic mass is 32.2. The van der Waals surface area contributed by atoms with E-state index in [9.17, 15) is 26.8 Å². The Labute approximate surface area is 181 Å². The summed E-state index contributed by atoms with van der Waals surface area (Å²) in [4.78, 5) is 24.6. The van der Waals surface area contributed by atoms with Crippen LogP contribution in [0, 0.1) is 11.6 Å². The van der Waals surface area contributed by atoms with Gasteiger partial charge in [0.25, 0.3) is 0 Å². The molecule has 162 valence electrons. The van der Waals surface area contributed by atoms with Crippen molar-refractivity contribution in [2.75, 3.05) is 6.54 Å². The fourth-order valence-corrected chi connectivity index (χ4v) is 5.54. The number of benzene rings is 2. The van der Waals surface area contributed by atoms with Gasteiger partial charge in [0, 0.05) is 18.0 Å². The third-order valence-electron chi connectivity index (χ3n) is 4.40. The molecular weight excluding hydrogens is 446 g/mol. The molecule has 0 spiro atoms. The lowest BCUT2D eigenvalue weighted by molar-refractivity contribution is -0.139. The van der Waals surface area contributed by atoms with E-state index in [0.29, 0.717) is 10.4 Å². The lowest BCUT2D eigenvalue weighted by Gasteiger charge is -2.17. The first-order chi connectivity index (χ1) is 14.8. The minimum atomic E-state index is -3.96. The average molecular weight is 465 g/mol. The molecule has 0 unspecified atom stereocenters. The predicted molar refractivity (Wildman–Crippen MR) is 112 cm³/mol. The number of hydrogen-bond acceptors (Lipinski definition) is 5. The van der Waals surface area contributed by atoms with E-state index < -0.39 is 38.5 Å². The largest absolute Gasteiger partial charge is 0.346 e. The van der Waals surface area contributed by atoms with Gasteiger partial charge in [-0.1, -0.05) is 18.2 Å². The second-order valence-corrected chi connectivity index (χ2v) is 9.63. The van der Waals surface area contributed by atoms with Crippen molar-refractivity contribution >= 4 is 33.0 Å². The van der Waals surface area contributed by atoms with E-state index in [0.717, 1.165) is 24.3 Å². The van der Waals surface area contributed by atoms with Crippen LogP contribution in [0.3, 0.4) is 0 Å². The van der Waals surface area contributed by atoms with Crippen molar-refractivity contribution in [3.05, 3.63) is 88.1 Å². The van der Waals surface area contributed by atoms with E-state index in [2.05, 4.69) is 10.6 Å². The van der Waals surface area contributed by atoms with Crippen LogP contribution in [0.25, 0.3) is 0 Å². The molecule has 3 rings (SSSR count). The maximum Gasteiger partial charge on any atom is 0.309 e. The van der Waals surface area contributed by atoms with Crippen LogP contribution in [0.2, 0.25) is 0 Å². The van der Waals surface area contributed by atoms with Crippen molar-refractivity contribution in [3.63, 3.8) is 0 Å². The molecule has 6 nitrogen and oxygen atoms in total. The normalized spacial score (nSPS) is 12.2. The Bertz CT molecular complexity index is 1150. The number of halogens is 2. The van der Waals surface area contributed by atoms with Crippen molar-refractivity contribution in [1.29, 1.82) is 0 Å². The minimum Gasteiger partial charge on any atom is -0.346 e. The van der Waals surface area contributed by atoms with Gasteiger partial charge in [-0.25, -0.2) is 17.2 Å². The number of hydrogen-bond donors (Lipinski definition) is 2. The first kappa shape index (κ1) is 22.6. The van der Waals surface area contributed by atoms with Gasteiger partial charge in [-0.3, -0.25) is 9.59 Å². The molecule has 2 N–H and O–H groups in total. The van der Waals surface area contributed by atoms with Gasteiger partial charge in [0.1, 0.15) is 16.9 Å². The molecule has 0 saturated carbocycles. The molecule has 1 atom stereocenters. The van der Waals surface area contributed by atoms with Crippen LogP contribution >= 0.6 is 11.3 Å². The van der Waals surface area contributed by atoms with Gasteiger partial charge >= 0.3 is 11.8 Å². The van der Waals surface area contributed by atoms with Crippen LogP contribution in [-0.4, -0.2) is 26.8 Å². The standard InChI is InChI=1S/C21H18F2N2O4S2/c22-15-5-3-14(4-6-15)12-24-20(26)21(27)25-13-19(18-2-1-11-30-18)31(28,29)17-9-7-16(23)8-10-17/h1-11,19H,12-13H2,(H,24,26)(H,25,27)/t19-/m0/s1. The molecule has 1 aromatic heterocycles. The van der Waals surface area contributed by atoms with E-state index >= 15 is 0 Å². The van der Waals surface area contributed by atoms with Crippen LogP contribution in [-0.2, 0) is 26.0 Å². The first-order valence-electron chi connectivity index (χ1n) is 9.10. The van der Waals surface area contributed by atoms with Gasteiger partial charge in [0.2, 0.25) is 0 Å². The summed E-state index contributed by atoms with van der Waals surface area (Å²) < 4.78 is 52.2. The number of amides is 2. The van der Waals surface area contributed by atoms with Crippen LogP contribution in [0.1, 0.15) is 15.7 Å². The highest BCUT2D eigenvalue weighted by Gasteiger charge is 2.31. The SMILES string of the molecule is O=C(NCc1ccc(F)cc1)C(=O)NC[C@@H](c1cccs1)S(=O)(=O)c1ccc(F)cc1. The summed E-state index contributed by atoms with van der Waals surface area (Å²) >= 11 is 1.19. The number of thiophene rings is 1.